The van der Waals surface area contributed by atoms with Crippen molar-refractivity contribution in [3.05, 3.63) is 29.8 Å². The molecule has 0 aliphatic carbocycles. The molecule has 0 aliphatic heterocycles. The van der Waals surface area contributed by atoms with Crippen LogP contribution in [0, 0.1) is 0 Å². The van der Waals surface area contributed by atoms with Crippen molar-refractivity contribution in [1.29, 1.82) is 0 Å². The van der Waals surface area contributed by atoms with Crippen LogP contribution < -0.4 is 10.5 Å². The Bertz CT molecular complexity index is 398. The largest absolute Gasteiger partial charge is 0.317 e. The Morgan fingerprint density at radius 3 is 2.33 bits per heavy atom. The highest BCUT2D eigenvalue weighted by atomic mass is 32.2. The van der Waals surface area contributed by atoms with E-state index >= 15 is 0 Å². The standard InChI is InChI=1S/C10H16N2O2S/c1-2-12-8-7-9-3-5-10(6-4-9)15(11,13)14/h3-6,12H,2,7-8H2,1H3,(H2,11,13,14). The van der Waals surface area contributed by atoms with E-state index in [1.165, 1.54) is 12.1 Å². The molecular formula is C10H16N2O2S. The number of hydrogen-bond acceptors (Lipinski definition) is 3. The molecule has 0 amide bonds. The van der Waals surface area contributed by atoms with Crippen LogP contribution in [-0.4, -0.2) is 21.5 Å². The Morgan fingerprint density at radius 2 is 1.87 bits per heavy atom. The quantitative estimate of drug-likeness (QED) is 0.720. The minimum absolute atomic E-state index is 0.162. The topological polar surface area (TPSA) is 72.2 Å². The summed E-state index contributed by atoms with van der Waals surface area (Å²) in [5, 5.41) is 8.19. The predicted molar refractivity (Wildman–Crippen MR) is 60.1 cm³/mol. The second-order valence-electron chi connectivity index (χ2n) is 3.29. The van der Waals surface area contributed by atoms with Gasteiger partial charge in [-0.25, -0.2) is 13.6 Å². The fourth-order valence-corrected chi connectivity index (χ4v) is 1.77. The van der Waals surface area contributed by atoms with Crippen LogP contribution in [-0.2, 0) is 16.4 Å². The second-order valence-corrected chi connectivity index (χ2v) is 4.85. The van der Waals surface area contributed by atoms with Crippen molar-refractivity contribution in [1.82, 2.24) is 5.32 Å². The summed E-state index contributed by atoms with van der Waals surface area (Å²) < 4.78 is 21.9. The van der Waals surface area contributed by atoms with Crippen LogP contribution >= 0.6 is 0 Å². The Hall–Kier alpha value is -0.910. The zero-order chi connectivity index (χ0) is 11.3. The van der Waals surface area contributed by atoms with Crippen molar-refractivity contribution in [2.24, 2.45) is 5.14 Å². The minimum Gasteiger partial charge on any atom is -0.317 e. The number of hydrogen-bond donors (Lipinski definition) is 2. The molecule has 0 saturated carbocycles. The van der Waals surface area contributed by atoms with Gasteiger partial charge in [-0.3, -0.25) is 0 Å². The maximum atomic E-state index is 11.0. The zero-order valence-corrected chi connectivity index (χ0v) is 9.55. The van der Waals surface area contributed by atoms with Gasteiger partial charge in [0.05, 0.1) is 4.90 Å². The summed E-state index contributed by atoms with van der Waals surface area (Å²) in [6.45, 7) is 3.88. The van der Waals surface area contributed by atoms with Gasteiger partial charge in [-0.05, 0) is 37.2 Å². The van der Waals surface area contributed by atoms with E-state index in [2.05, 4.69) is 5.32 Å². The lowest BCUT2D eigenvalue weighted by atomic mass is 10.1. The summed E-state index contributed by atoms with van der Waals surface area (Å²) in [6, 6.07) is 6.65. The van der Waals surface area contributed by atoms with Crippen molar-refractivity contribution in [3.63, 3.8) is 0 Å². The molecule has 3 N–H and O–H groups in total. The number of primary sulfonamides is 1. The molecule has 84 valence electrons. The Morgan fingerprint density at radius 1 is 1.27 bits per heavy atom. The minimum atomic E-state index is -3.56. The third-order valence-electron chi connectivity index (χ3n) is 2.09. The van der Waals surface area contributed by atoms with Crippen LogP contribution in [0.5, 0.6) is 0 Å². The predicted octanol–water partition coefficient (Wildman–Crippen LogP) is 0.486. The van der Waals surface area contributed by atoms with Crippen molar-refractivity contribution in [3.8, 4) is 0 Å². The Kier molecular flexibility index (Phi) is 4.26. The lowest BCUT2D eigenvalue weighted by Gasteiger charge is -2.03. The van der Waals surface area contributed by atoms with Crippen LogP contribution in [0.2, 0.25) is 0 Å². The highest BCUT2D eigenvalue weighted by molar-refractivity contribution is 7.89. The summed E-state index contributed by atoms with van der Waals surface area (Å²) in [4.78, 5) is 0.162. The lowest BCUT2D eigenvalue weighted by Crippen LogP contribution is -2.16. The van der Waals surface area contributed by atoms with E-state index < -0.39 is 10.0 Å². The normalized spacial score (nSPS) is 11.6. The molecule has 0 atom stereocenters. The molecular weight excluding hydrogens is 212 g/mol. The molecule has 0 unspecified atom stereocenters. The molecule has 1 rings (SSSR count). The average molecular weight is 228 g/mol. The van der Waals surface area contributed by atoms with Gasteiger partial charge in [-0.2, -0.15) is 0 Å². The van der Waals surface area contributed by atoms with Crippen molar-refractivity contribution >= 4 is 10.0 Å². The highest BCUT2D eigenvalue weighted by Crippen LogP contribution is 2.08. The molecule has 15 heavy (non-hydrogen) atoms. The zero-order valence-electron chi connectivity index (χ0n) is 8.73. The third-order valence-corrected chi connectivity index (χ3v) is 3.02. The first kappa shape index (κ1) is 12.2. The summed E-state index contributed by atoms with van der Waals surface area (Å²) >= 11 is 0. The molecule has 5 heteroatoms. The lowest BCUT2D eigenvalue weighted by molar-refractivity contribution is 0.597. The van der Waals surface area contributed by atoms with Gasteiger partial charge in [0.15, 0.2) is 0 Å². The van der Waals surface area contributed by atoms with E-state index in [-0.39, 0.29) is 4.90 Å². The fourth-order valence-electron chi connectivity index (χ4n) is 1.26. The first-order valence-corrected chi connectivity index (χ1v) is 6.41. The van der Waals surface area contributed by atoms with E-state index in [9.17, 15) is 8.42 Å². The molecule has 1 aromatic carbocycles. The molecule has 0 fully saturated rings. The number of benzene rings is 1. The molecule has 0 radical (unpaired) electrons. The van der Waals surface area contributed by atoms with E-state index in [1.807, 2.05) is 6.92 Å². The molecule has 0 spiro atoms. The molecule has 4 nitrogen and oxygen atoms in total. The van der Waals surface area contributed by atoms with Gasteiger partial charge >= 0.3 is 0 Å². The van der Waals surface area contributed by atoms with Crippen molar-refractivity contribution < 1.29 is 8.42 Å². The molecule has 0 bridgehead atoms. The number of nitrogens with two attached hydrogens (primary N) is 1. The van der Waals surface area contributed by atoms with E-state index in [4.69, 9.17) is 5.14 Å². The van der Waals surface area contributed by atoms with Crippen LogP contribution in [0.15, 0.2) is 29.2 Å². The summed E-state index contributed by atoms with van der Waals surface area (Å²) in [6.07, 6.45) is 0.888. The van der Waals surface area contributed by atoms with Crippen molar-refractivity contribution in [2.75, 3.05) is 13.1 Å². The first-order chi connectivity index (χ1) is 7.04. The van der Waals surface area contributed by atoms with E-state index in [1.54, 1.807) is 12.1 Å². The van der Waals surface area contributed by atoms with Gasteiger partial charge in [0, 0.05) is 0 Å². The maximum Gasteiger partial charge on any atom is 0.238 e. The monoisotopic (exact) mass is 228 g/mol. The number of likely N-dealkylation sites (N-methyl/N-ethyl adjacent to an activating group) is 1. The molecule has 1 aromatic rings. The molecule has 0 aromatic heterocycles. The number of nitrogens with one attached hydrogen (secondary N) is 1. The van der Waals surface area contributed by atoms with Crippen molar-refractivity contribution in [2.45, 2.75) is 18.2 Å². The Balaban J connectivity index is 2.65. The Labute approximate surface area is 90.5 Å². The summed E-state index contributed by atoms with van der Waals surface area (Å²) in [5.41, 5.74) is 1.10. The fraction of sp³-hybridized carbons (Fsp3) is 0.400. The van der Waals surface area contributed by atoms with Gasteiger partial charge in [-0.1, -0.05) is 19.1 Å². The third kappa shape index (κ3) is 3.99. The van der Waals surface area contributed by atoms with Crippen LogP contribution in [0.4, 0.5) is 0 Å². The highest BCUT2D eigenvalue weighted by Gasteiger charge is 2.06. The van der Waals surface area contributed by atoms with E-state index in [0.29, 0.717) is 0 Å². The average Bonchev–Trinajstić information content (AvgIpc) is 2.18. The number of sulfonamides is 1. The van der Waals surface area contributed by atoms with Crippen LogP contribution in [0.25, 0.3) is 0 Å². The van der Waals surface area contributed by atoms with Gasteiger partial charge in [0.2, 0.25) is 10.0 Å². The van der Waals surface area contributed by atoms with Gasteiger partial charge in [0.1, 0.15) is 0 Å². The van der Waals surface area contributed by atoms with Crippen LogP contribution in [0.3, 0.4) is 0 Å². The molecule has 0 saturated heterocycles. The number of rotatable bonds is 5. The van der Waals surface area contributed by atoms with Gasteiger partial charge in [0.25, 0.3) is 0 Å². The van der Waals surface area contributed by atoms with E-state index in [0.717, 1.165) is 25.1 Å². The second kappa shape index (κ2) is 5.25. The SMILES string of the molecule is CCNCCc1ccc(S(N)(=O)=O)cc1. The van der Waals surface area contributed by atoms with Gasteiger partial charge in [-0.15, -0.1) is 0 Å². The summed E-state index contributed by atoms with van der Waals surface area (Å²) in [7, 11) is -3.56. The molecule has 0 heterocycles. The maximum absolute atomic E-state index is 11.0. The molecule has 0 aliphatic rings. The summed E-state index contributed by atoms with van der Waals surface area (Å²) in [5.74, 6) is 0. The van der Waals surface area contributed by atoms with Crippen LogP contribution in [0.1, 0.15) is 12.5 Å². The van der Waals surface area contributed by atoms with Gasteiger partial charge < -0.3 is 5.32 Å². The smallest absolute Gasteiger partial charge is 0.238 e. The first-order valence-electron chi connectivity index (χ1n) is 4.86.